The summed E-state index contributed by atoms with van der Waals surface area (Å²) in [6.07, 6.45) is 1.22. The highest BCUT2D eigenvalue weighted by molar-refractivity contribution is 6.18. The molecule has 0 aliphatic heterocycles. The summed E-state index contributed by atoms with van der Waals surface area (Å²) in [5.74, 6) is 1.51. The Hall–Kier alpha value is 0.0300. The lowest BCUT2D eigenvalue weighted by Gasteiger charge is -2.47. The third kappa shape index (κ3) is 1.33. The largest absolute Gasteiger partial charge is 0.126 e. The van der Waals surface area contributed by atoms with Crippen molar-refractivity contribution in [1.82, 2.24) is 0 Å². The molecule has 0 spiro atoms. The Morgan fingerprint density at radius 3 is 2.36 bits per heavy atom. The van der Waals surface area contributed by atoms with Crippen LogP contribution in [0.4, 0.5) is 0 Å². The summed E-state index contributed by atoms with van der Waals surface area (Å²) in [7, 11) is 0. The SMILES string of the molecule is CC(C)=C1CC(CCl)C1(C)C. The molecule has 0 saturated heterocycles. The highest BCUT2D eigenvalue weighted by Crippen LogP contribution is 2.52. The van der Waals surface area contributed by atoms with Crippen molar-refractivity contribution < 1.29 is 0 Å². The maximum absolute atomic E-state index is 5.84. The predicted octanol–water partition coefficient (Wildman–Crippen LogP) is 3.61. The van der Waals surface area contributed by atoms with Crippen molar-refractivity contribution in [2.75, 3.05) is 5.88 Å². The maximum atomic E-state index is 5.84. The van der Waals surface area contributed by atoms with Crippen LogP contribution in [0.15, 0.2) is 11.1 Å². The molecule has 0 aromatic carbocycles. The predicted molar refractivity (Wildman–Crippen MR) is 51.0 cm³/mol. The zero-order valence-corrected chi connectivity index (χ0v) is 8.63. The van der Waals surface area contributed by atoms with Gasteiger partial charge in [-0.1, -0.05) is 25.0 Å². The lowest BCUT2D eigenvalue weighted by molar-refractivity contribution is 0.187. The van der Waals surface area contributed by atoms with Gasteiger partial charge in [-0.3, -0.25) is 0 Å². The lowest BCUT2D eigenvalue weighted by atomic mass is 9.58. The summed E-state index contributed by atoms with van der Waals surface area (Å²) in [6, 6.07) is 0. The molecule has 1 rings (SSSR count). The van der Waals surface area contributed by atoms with E-state index in [4.69, 9.17) is 11.6 Å². The van der Waals surface area contributed by atoms with Crippen LogP contribution in [-0.4, -0.2) is 5.88 Å². The first-order chi connectivity index (χ1) is 5.00. The van der Waals surface area contributed by atoms with E-state index in [1.54, 1.807) is 5.57 Å². The topological polar surface area (TPSA) is 0 Å². The summed E-state index contributed by atoms with van der Waals surface area (Å²) < 4.78 is 0. The minimum Gasteiger partial charge on any atom is -0.126 e. The van der Waals surface area contributed by atoms with Crippen LogP contribution in [-0.2, 0) is 0 Å². The third-order valence-electron chi connectivity index (χ3n) is 3.04. The van der Waals surface area contributed by atoms with Crippen molar-refractivity contribution in [3.63, 3.8) is 0 Å². The molecule has 1 saturated carbocycles. The second-order valence-electron chi connectivity index (χ2n) is 4.26. The standard InChI is InChI=1S/C10H17Cl/c1-7(2)9-5-8(6-11)10(9,3)4/h8H,5-6H2,1-4H3. The molecule has 1 atom stereocenters. The van der Waals surface area contributed by atoms with E-state index in [-0.39, 0.29) is 0 Å². The van der Waals surface area contributed by atoms with Gasteiger partial charge in [0.15, 0.2) is 0 Å². The van der Waals surface area contributed by atoms with E-state index in [0.29, 0.717) is 11.3 Å². The van der Waals surface area contributed by atoms with E-state index >= 15 is 0 Å². The normalized spacial score (nSPS) is 28.1. The Morgan fingerprint density at radius 2 is 2.09 bits per heavy atom. The highest BCUT2D eigenvalue weighted by atomic mass is 35.5. The Morgan fingerprint density at radius 1 is 1.55 bits per heavy atom. The fourth-order valence-corrected chi connectivity index (χ4v) is 2.47. The van der Waals surface area contributed by atoms with Gasteiger partial charge in [-0.2, -0.15) is 0 Å². The molecule has 0 nitrogen and oxygen atoms in total. The molecule has 0 aromatic rings. The summed E-state index contributed by atoms with van der Waals surface area (Å²) >= 11 is 5.84. The third-order valence-corrected chi connectivity index (χ3v) is 3.41. The molecule has 1 unspecified atom stereocenters. The Labute approximate surface area is 74.6 Å². The van der Waals surface area contributed by atoms with Crippen molar-refractivity contribution in [3.05, 3.63) is 11.1 Å². The molecular weight excluding hydrogens is 156 g/mol. The molecule has 0 N–H and O–H groups in total. The van der Waals surface area contributed by atoms with Gasteiger partial charge < -0.3 is 0 Å². The molecule has 0 bridgehead atoms. The lowest BCUT2D eigenvalue weighted by Crippen LogP contribution is -2.39. The highest BCUT2D eigenvalue weighted by Gasteiger charge is 2.42. The van der Waals surface area contributed by atoms with E-state index in [0.717, 1.165) is 5.88 Å². The molecule has 0 amide bonds. The van der Waals surface area contributed by atoms with Crippen LogP contribution in [0.3, 0.4) is 0 Å². The van der Waals surface area contributed by atoms with Crippen molar-refractivity contribution in [2.45, 2.75) is 34.1 Å². The number of halogens is 1. The first-order valence-corrected chi connectivity index (χ1v) is 4.76. The van der Waals surface area contributed by atoms with E-state index < -0.39 is 0 Å². The van der Waals surface area contributed by atoms with Gasteiger partial charge in [0.1, 0.15) is 0 Å². The van der Waals surface area contributed by atoms with Gasteiger partial charge in [-0.25, -0.2) is 0 Å². The fraction of sp³-hybridized carbons (Fsp3) is 0.800. The average molecular weight is 173 g/mol. The van der Waals surface area contributed by atoms with Crippen molar-refractivity contribution in [1.29, 1.82) is 0 Å². The van der Waals surface area contributed by atoms with Crippen molar-refractivity contribution in [2.24, 2.45) is 11.3 Å². The monoisotopic (exact) mass is 172 g/mol. The van der Waals surface area contributed by atoms with Gasteiger partial charge >= 0.3 is 0 Å². The average Bonchev–Trinajstić information content (AvgIpc) is 1.85. The van der Waals surface area contributed by atoms with Crippen molar-refractivity contribution >= 4 is 11.6 Å². The van der Waals surface area contributed by atoms with E-state index in [1.165, 1.54) is 12.0 Å². The molecule has 11 heavy (non-hydrogen) atoms. The number of alkyl halides is 1. The summed E-state index contributed by atoms with van der Waals surface area (Å²) in [4.78, 5) is 0. The molecular formula is C10H17Cl. The molecule has 0 aromatic heterocycles. The van der Waals surface area contributed by atoms with Crippen LogP contribution in [0.1, 0.15) is 34.1 Å². The van der Waals surface area contributed by atoms with Gasteiger partial charge in [0.25, 0.3) is 0 Å². The number of hydrogen-bond acceptors (Lipinski definition) is 0. The van der Waals surface area contributed by atoms with Crippen LogP contribution < -0.4 is 0 Å². The van der Waals surface area contributed by atoms with Gasteiger partial charge in [-0.05, 0) is 31.6 Å². The summed E-state index contributed by atoms with van der Waals surface area (Å²) in [5.41, 5.74) is 3.47. The van der Waals surface area contributed by atoms with Crippen LogP contribution in [0.25, 0.3) is 0 Å². The minimum atomic E-state index is 0.376. The van der Waals surface area contributed by atoms with E-state index in [9.17, 15) is 0 Å². The summed E-state index contributed by atoms with van der Waals surface area (Å²) in [6.45, 7) is 8.99. The zero-order valence-electron chi connectivity index (χ0n) is 7.87. The summed E-state index contributed by atoms with van der Waals surface area (Å²) in [5, 5.41) is 0. The number of hydrogen-bond donors (Lipinski definition) is 0. The molecule has 0 radical (unpaired) electrons. The first kappa shape index (κ1) is 9.12. The molecule has 64 valence electrons. The second kappa shape index (κ2) is 2.82. The second-order valence-corrected chi connectivity index (χ2v) is 4.56. The smallest absolute Gasteiger partial charge is 0.0263 e. The van der Waals surface area contributed by atoms with Gasteiger partial charge in [0.05, 0.1) is 0 Å². The molecule has 1 aliphatic carbocycles. The minimum absolute atomic E-state index is 0.376. The number of allylic oxidation sites excluding steroid dienone is 2. The van der Waals surface area contributed by atoms with Gasteiger partial charge in [-0.15, -0.1) is 11.6 Å². The zero-order chi connectivity index (χ0) is 8.65. The van der Waals surface area contributed by atoms with Crippen LogP contribution >= 0.6 is 11.6 Å². The molecule has 1 fully saturated rings. The first-order valence-electron chi connectivity index (χ1n) is 4.23. The molecule has 1 aliphatic rings. The van der Waals surface area contributed by atoms with Crippen LogP contribution in [0, 0.1) is 11.3 Å². The Kier molecular flexibility index (Phi) is 2.34. The maximum Gasteiger partial charge on any atom is 0.0263 e. The van der Waals surface area contributed by atoms with Crippen LogP contribution in [0.2, 0.25) is 0 Å². The quantitative estimate of drug-likeness (QED) is 0.419. The van der Waals surface area contributed by atoms with E-state index in [1.807, 2.05) is 0 Å². The van der Waals surface area contributed by atoms with Crippen LogP contribution in [0.5, 0.6) is 0 Å². The van der Waals surface area contributed by atoms with Gasteiger partial charge in [0.2, 0.25) is 0 Å². The van der Waals surface area contributed by atoms with E-state index in [2.05, 4.69) is 27.7 Å². The molecule has 1 heteroatoms. The van der Waals surface area contributed by atoms with Crippen molar-refractivity contribution in [3.8, 4) is 0 Å². The number of rotatable bonds is 1. The Balaban J connectivity index is 2.77. The molecule has 0 heterocycles. The van der Waals surface area contributed by atoms with Gasteiger partial charge in [0, 0.05) is 5.88 Å². The Bertz CT molecular complexity index is 185. The fourth-order valence-electron chi connectivity index (χ4n) is 1.98.